The molecule has 9 heteroatoms. The molecule has 0 bridgehead atoms. The molecule has 0 amide bonds. The molecule has 7 nitrogen and oxygen atoms in total. The monoisotopic (exact) mass is 316 g/mol. The minimum atomic E-state index is -3.56. The highest BCUT2D eigenvalue weighted by molar-refractivity contribution is 7.89. The SMILES string of the molecule is CCCNCc1sccc1S(=O)(=O)NCc1ncon1. The van der Waals surface area contributed by atoms with Crippen molar-refractivity contribution in [3.8, 4) is 0 Å². The Hall–Kier alpha value is -1.29. The van der Waals surface area contributed by atoms with Crippen molar-refractivity contribution in [1.82, 2.24) is 20.2 Å². The van der Waals surface area contributed by atoms with Crippen LogP contribution < -0.4 is 10.0 Å². The summed E-state index contributed by atoms with van der Waals surface area (Å²) >= 11 is 1.42. The summed E-state index contributed by atoms with van der Waals surface area (Å²) in [5.41, 5.74) is 0. The molecule has 0 radical (unpaired) electrons. The van der Waals surface area contributed by atoms with Gasteiger partial charge in [-0.25, -0.2) is 13.1 Å². The normalized spacial score (nSPS) is 11.8. The lowest BCUT2D eigenvalue weighted by atomic mass is 10.4. The first-order chi connectivity index (χ1) is 9.63. The Kier molecular flexibility index (Phi) is 5.24. The lowest BCUT2D eigenvalue weighted by molar-refractivity contribution is 0.409. The van der Waals surface area contributed by atoms with E-state index in [0.717, 1.165) is 24.2 Å². The fourth-order valence-corrected chi connectivity index (χ4v) is 3.97. The van der Waals surface area contributed by atoms with Gasteiger partial charge in [-0.05, 0) is 24.4 Å². The summed E-state index contributed by atoms with van der Waals surface area (Å²) in [5, 5.41) is 8.53. The van der Waals surface area contributed by atoms with E-state index in [4.69, 9.17) is 0 Å². The summed E-state index contributed by atoms with van der Waals surface area (Å²) in [4.78, 5) is 4.86. The van der Waals surface area contributed by atoms with Crippen molar-refractivity contribution in [2.45, 2.75) is 31.3 Å². The van der Waals surface area contributed by atoms with Gasteiger partial charge in [-0.15, -0.1) is 11.3 Å². The van der Waals surface area contributed by atoms with Crippen LogP contribution in [0.2, 0.25) is 0 Å². The Morgan fingerprint density at radius 1 is 1.40 bits per heavy atom. The van der Waals surface area contributed by atoms with Gasteiger partial charge in [-0.1, -0.05) is 12.1 Å². The Balaban J connectivity index is 2.03. The van der Waals surface area contributed by atoms with E-state index in [0.29, 0.717) is 17.3 Å². The second-order valence-corrected chi connectivity index (χ2v) is 6.79. The average Bonchev–Trinajstić information content (AvgIpc) is 3.08. The van der Waals surface area contributed by atoms with Crippen molar-refractivity contribution < 1.29 is 12.9 Å². The highest BCUT2D eigenvalue weighted by Gasteiger charge is 2.19. The standard InChI is InChI=1S/C11H16N4O3S2/c1-2-4-12-6-9-10(3-5-19-9)20(16,17)14-7-11-13-8-18-15-11/h3,5,8,12,14H,2,4,6-7H2,1H3. The van der Waals surface area contributed by atoms with Crippen molar-refractivity contribution in [1.29, 1.82) is 0 Å². The number of sulfonamides is 1. The van der Waals surface area contributed by atoms with Gasteiger partial charge in [0.25, 0.3) is 0 Å². The number of nitrogens with zero attached hydrogens (tertiary/aromatic N) is 2. The molecule has 0 saturated carbocycles. The third kappa shape index (κ3) is 3.85. The van der Waals surface area contributed by atoms with Gasteiger partial charge in [0.2, 0.25) is 16.4 Å². The largest absolute Gasteiger partial charge is 0.343 e. The summed E-state index contributed by atoms with van der Waals surface area (Å²) in [6.07, 6.45) is 2.16. The quantitative estimate of drug-likeness (QED) is 0.708. The predicted octanol–water partition coefficient (Wildman–Crippen LogP) is 1.11. The molecule has 20 heavy (non-hydrogen) atoms. The number of rotatable bonds is 8. The number of aromatic nitrogens is 2. The third-order valence-corrected chi connectivity index (χ3v) is 5.07. The van der Waals surface area contributed by atoms with Crippen molar-refractivity contribution in [2.24, 2.45) is 0 Å². The number of hydrogen-bond donors (Lipinski definition) is 2. The van der Waals surface area contributed by atoms with Gasteiger partial charge in [-0.3, -0.25) is 0 Å². The van der Waals surface area contributed by atoms with E-state index in [9.17, 15) is 8.42 Å². The lowest BCUT2D eigenvalue weighted by Crippen LogP contribution is -2.25. The fraction of sp³-hybridized carbons (Fsp3) is 0.455. The highest BCUT2D eigenvalue weighted by Crippen LogP contribution is 2.21. The van der Waals surface area contributed by atoms with Crippen LogP contribution in [0, 0.1) is 0 Å². The van der Waals surface area contributed by atoms with Crippen molar-refractivity contribution >= 4 is 21.4 Å². The number of thiophene rings is 1. The van der Waals surface area contributed by atoms with Crippen LogP contribution in [0.25, 0.3) is 0 Å². The molecule has 0 fully saturated rings. The maximum Gasteiger partial charge on any atom is 0.242 e. The molecule has 2 heterocycles. The zero-order chi connectivity index (χ0) is 14.4. The summed E-state index contributed by atoms with van der Waals surface area (Å²) in [7, 11) is -3.56. The van der Waals surface area contributed by atoms with Gasteiger partial charge >= 0.3 is 0 Å². The molecular weight excluding hydrogens is 300 g/mol. The summed E-state index contributed by atoms with van der Waals surface area (Å²) in [6.45, 7) is 3.47. The molecule has 0 atom stereocenters. The number of nitrogens with one attached hydrogen (secondary N) is 2. The van der Waals surface area contributed by atoms with Gasteiger partial charge in [0.1, 0.15) is 0 Å². The van der Waals surface area contributed by atoms with Gasteiger partial charge in [0.15, 0.2) is 5.82 Å². The van der Waals surface area contributed by atoms with Crippen molar-refractivity contribution in [2.75, 3.05) is 6.54 Å². The topological polar surface area (TPSA) is 97.1 Å². The molecule has 2 N–H and O–H groups in total. The molecule has 2 aromatic rings. The van der Waals surface area contributed by atoms with Crippen LogP contribution in [0.5, 0.6) is 0 Å². The first-order valence-electron chi connectivity index (χ1n) is 6.15. The summed E-state index contributed by atoms with van der Waals surface area (Å²) in [5.74, 6) is 0.300. The van der Waals surface area contributed by atoms with E-state index >= 15 is 0 Å². The van der Waals surface area contributed by atoms with Gasteiger partial charge in [-0.2, -0.15) is 4.98 Å². The van der Waals surface area contributed by atoms with E-state index < -0.39 is 10.0 Å². The Morgan fingerprint density at radius 2 is 2.25 bits per heavy atom. The van der Waals surface area contributed by atoms with Crippen molar-refractivity contribution in [3.63, 3.8) is 0 Å². The smallest absolute Gasteiger partial charge is 0.242 e. The second kappa shape index (κ2) is 6.93. The van der Waals surface area contributed by atoms with Crippen LogP contribution in [-0.4, -0.2) is 25.1 Å². The average molecular weight is 316 g/mol. The molecule has 0 spiro atoms. The van der Waals surface area contributed by atoms with Crippen LogP contribution in [0.3, 0.4) is 0 Å². The van der Waals surface area contributed by atoms with Gasteiger partial charge in [0, 0.05) is 11.4 Å². The number of hydrogen-bond acceptors (Lipinski definition) is 7. The molecule has 0 saturated heterocycles. The first kappa shape index (κ1) is 15.1. The van der Waals surface area contributed by atoms with E-state index in [1.54, 1.807) is 11.4 Å². The molecule has 0 aromatic carbocycles. The van der Waals surface area contributed by atoms with Gasteiger partial charge in [0.05, 0.1) is 11.4 Å². The molecule has 0 unspecified atom stereocenters. The Labute approximate surface area is 121 Å². The van der Waals surface area contributed by atoms with Crippen LogP contribution in [0.4, 0.5) is 0 Å². The van der Waals surface area contributed by atoms with Crippen LogP contribution in [-0.2, 0) is 23.1 Å². The molecule has 0 aliphatic rings. The van der Waals surface area contributed by atoms with Gasteiger partial charge < -0.3 is 9.84 Å². The molecule has 2 rings (SSSR count). The Morgan fingerprint density at radius 3 is 2.95 bits per heavy atom. The molecule has 0 aliphatic heterocycles. The Bertz CT molecular complexity index is 622. The minimum absolute atomic E-state index is 0.0104. The van der Waals surface area contributed by atoms with E-state index in [2.05, 4.69) is 31.6 Å². The van der Waals surface area contributed by atoms with Crippen LogP contribution in [0.1, 0.15) is 24.0 Å². The molecular formula is C11H16N4O3S2. The van der Waals surface area contributed by atoms with E-state index in [-0.39, 0.29) is 6.54 Å². The summed E-state index contributed by atoms with van der Waals surface area (Å²) < 4.78 is 31.5. The van der Waals surface area contributed by atoms with E-state index in [1.165, 1.54) is 11.3 Å². The third-order valence-electron chi connectivity index (χ3n) is 2.53. The zero-order valence-corrected chi connectivity index (χ0v) is 12.6. The molecule has 0 aliphatic carbocycles. The maximum atomic E-state index is 12.2. The van der Waals surface area contributed by atoms with Crippen molar-refractivity contribution in [3.05, 3.63) is 28.5 Å². The highest BCUT2D eigenvalue weighted by atomic mass is 32.2. The van der Waals surface area contributed by atoms with E-state index in [1.807, 2.05) is 0 Å². The molecule has 110 valence electrons. The zero-order valence-electron chi connectivity index (χ0n) is 11.0. The second-order valence-electron chi connectivity index (χ2n) is 4.06. The minimum Gasteiger partial charge on any atom is -0.343 e. The predicted molar refractivity (Wildman–Crippen MR) is 74.6 cm³/mol. The molecule has 2 aromatic heterocycles. The fourth-order valence-electron chi connectivity index (χ4n) is 1.58. The van der Waals surface area contributed by atoms with Crippen LogP contribution >= 0.6 is 11.3 Å². The van der Waals surface area contributed by atoms with Crippen LogP contribution in [0.15, 0.2) is 27.3 Å². The lowest BCUT2D eigenvalue weighted by Gasteiger charge is -2.07. The summed E-state index contributed by atoms with van der Waals surface area (Å²) in [6, 6.07) is 1.60. The first-order valence-corrected chi connectivity index (χ1v) is 8.51. The maximum absolute atomic E-state index is 12.2.